The molecule has 1 saturated heterocycles. The van der Waals surface area contributed by atoms with Gasteiger partial charge in [0.25, 0.3) is 0 Å². The Hall–Kier alpha value is -1.68. The average Bonchev–Trinajstić information content (AvgIpc) is 2.74. The predicted octanol–water partition coefficient (Wildman–Crippen LogP) is 1.41. The number of carbonyl (C=O) groups is 2. The molecule has 2 rings (SSSR count). The van der Waals surface area contributed by atoms with E-state index in [-0.39, 0.29) is 11.7 Å². The molecule has 96 valence electrons. The van der Waals surface area contributed by atoms with E-state index in [9.17, 15) is 9.59 Å². The van der Waals surface area contributed by atoms with E-state index in [0.717, 1.165) is 5.56 Å². The summed E-state index contributed by atoms with van der Waals surface area (Å²) in [6.45, 7) is 3.18. The van der Waals surface area contributed by atoms with Gasteiger partial charge in [-0.05, 0) is 12.5 Å². The molecular formula is C14H17NO3. The van der Waals surface area contributed by atoms with Crippen molar-refractivity contribution in [2.75, 3.05) is 13.1 Å². The van der Waals surface area contributed by atoms with Gasteiger partial charge in [-0.15, -0.1) is 0 Å². The van der Waals surface area contributed by atoms with Crippen LogP contribution < -0.4 is 0 Å². The summed E-state index contributed by atoms with van der Waals surface area (Å²) in [5.74, 6) is -1.83. The lowest BCUT2D eigenvalue weighted by molar-refractivity contribution is -0.144. The van der Waals surface area contributed by atoms with Gasteiger partial charge in [-0.25, -0.2) is 0 Å². The van der Waals surface area contributed by atoms with Gasteiger partial charge < -0.3 is 5.11 Å². The monoisotopic (exact) mass is 247 g/mol. The lowest BCUT2D eigenvalue weighted by Crippen LogP contribution is -2.26. The molecule has 1 heterocycles. The van der Waals surface area contributed by atoms with Gasteiger partial charge in [-0.2, -0.15) is 0 Å². The van der Waals surface area contributed by atoms with Crippen LogP contribution in [0.1, 0.15) is 12.5 Å². The Morgan fingerprint density at radius 2 is 1.83 bits per heavy atom. The molecule has 0 radical (unpaired) electrons. The van der Waals surface area contributed by atoms with E-state index in [1.54, 1.807) is 0 Å². The third kappa shape index (κ3) is 2.76. The molecule has 0 aromatic heterocycles. The van der Waals surface area contributed by atoms with Gasteiger partial charge in [-0.1, -0.05) is 30.3 Å². The summed E-state index contributed by atoms with van der Waals surface area (Å²) >= 11 is 0. The van der Waals surface area contributed by atoms with Crippen LogP contribution in [0, 0.1) is 11.8 Å². The maximum absolute atomic E-state index is 11.5. The van der Waals surface area contributed by atoms with Crippen LogP contribution in [0.3, 0.4) is 0 Å². The molecule has 18 heavy (non-hydrogen) atoms. The average molecular weight is 247 g/mol. The number of ketones is 1. The molecule has 0 saturated carbocycles. The Labute approximate surface area is 106 Å². The van der Waals surface area contributed by atoms with Crippen LogP contribution in [-0.4, -0.2) is 34.8 Å². The topological polar surface area (TPSA) is 57.6 Å². The van der Waals surface area contributed by atoms with Crippen molar-refractivity contribution in [3.05, 3.63) is 35.9 Å². The number of aliphatic carboxylic acids is 1. The molecule has 0 amide bonds. The van der Waals surface area contributed by atoms with Gasteiger partial charge in [0.15, 0.2) is 0 Å². The number of benzene rings is 1. The van der Waals surface area contributed by atoms with Crippen LogP contribution in [0.25, 0.3) is 0 Å². The maximum atomic E-state index is 11.5. The van der Waals surface area contributed by atoms with Gasteiger partial charge in [0.2, 0.25) is 0 Å². The Balaban J connectivity index is 2.05. The van der Waals surface area contributed by atoms with Gasteiger partial charge in [-0.3, -0.25) is 14.5 Å². The van der Waals surface area contributed by atoms with Crippen molar-refractivity contribution in [2.45, 2.75) is 13.5 Å². The maximum Gasteiger partial charge on any atom is 0.308 e. The summed E-state index contributed by atoms with van der Waals surface area (Å²) < 4.78 is 0. The molecule has 0 bridgehead atoms. The molecule has 0 aliphatic carbocycles. The standard InChI is InChI=1S/C14H17NO3/c1-10(16)12-8-15(9-13(12)14(17)18)7-11-5-3-2-4-6-11/h2-6,12-13H,7-9H2,1H3,(H,17,18)/t12-,13+/m1/s1. The molecule has 1 fully saturated rings. The molecule has 4 nitrogen and oxygen atoms in total. The Kier molecular flexibility index (Phi) is 3.77. The number of hydrogen-bond donors (Lipinski definition) is 1. The Bertz CT molecular complexity index is 422. The van der Waals surface area contributed by atoms with Crippen LogP contribution >= 0.6 is 0 Å². The van der Waals surface area contributed by atoms with Crippen molar-refractivity contribution >= 4 is 11.8 Å². The second-order valence-electron chi connectivity index (χ2n) is 4.84. The molecule has 1 aromatic rings. The fraction of sp³-hybridized carbons (Fsp3) is 0.429. The number of carbonyl (C=O) groups excluding carboxylic acids is 1. The highest BCUT2D eigenvalue weighted by Crippen LogP contribution is 2.25. The summed E-state index contributed by atoms with van der Waals surface area (Å²) in [5.41, 5.74) is 1.14. The van der Waals surface area contributed by atoms with Gasteiger partial charge in [0.1, 0.15) is 5.78 Å². The Morgan fingerprint density at radius 3 is 2.33 bits per heavy atom. The molecule has 0 unspecified atom stereocenters. The minimum absolute atomic E-state index is 0.0297. The second kappa shape index (κ2) is 5.31. The first-order valence-corrected chi connectivity index (χ1v) is 6.07. The largest absolute Gasteiger partial charge is 0.481 e. The first kappa shape index (κ1) is 12.8. The quantitative estimate of drug-likeness (QED) is 0.874. The van der Waals surface area contributed by atoms with Gasteiger partial charge >= 0.3 is 5.97 Å². The number of hydrogen-bond acceptors (Lipinski definition) is 3. The number of Topliss-reactive ketones (excluding diaryl/α,β-unsaturated/α-hetero) is 1. The van der Waals surface area contributed by atoms with Crippen LogP contribution in [0.15, 0.2) is 30.3 Å². The van der Waals surface area contributed by atoms with E-state index in [4.69, 9.17) is 5.11 Å². The van der Waals surface area contributed by atoms with E-state index < -0.39 is 11.9 Å². The second-order valence-corrected chi connectivity index (χ2v) is 4.84. The molecule has 1 aromatic carbocycles. The van der Waals surface area contributed by atoms with E-state index in [1.807, 2.05) is 35.2 Å². The highest BCUT2D eigenvalue weighted by Gasteiger charge is 2.39. The predicted molar refractivity (Wildman–Crippen MR) is 67.0 cm³/mol. The molecule has 1 N–H and O–H groups in total. The third-order valence-electron chi connectivity index (χ3n) is 3.48. The minimum Gasteiger partial charge on any atom is -0.481 e. The minimum atomic E-state index is -0.870. The normalized spacial score (nSPS) is 24.1. The van der Waals surface area contributed by atoms with Gasteiger partial charge in [0.05, 0.1) is 5.92 Å². The van der Waals surface area contributed by atoms with Gasteiger partial charge in [0, 0.05) is 25.6 Å². The number of rotatable bonds is 4. The van der Waals surface area contributed by atoms with E-state index in [1.165, 1.54) is 6.92 Å². The molecule has 0 spiro atoms. The SMILES string of the molecule is CC(=O)[C@H]1CN(Cc2ccccc2)C[C@@H]1C(=O)O. The van der Waals surface area contributed by atoms with Crippen LogP contribution in [0.4, 0.5) is 0 Å². The number of likely N-dealkylation sites (tertiary alicyclic amines) is 1. The van der Waals surface area contributed by atoms with Crippen LogP contribution in [0.5, 0.6) is 0 Å². The molecule has 2 atom stereocenters. The zero-order valence-electron chi connectivity index (χ0n) is 10.4. The third-order valence-corrected chi connectivity index (χ3v) is 3.48. The zero-order chi connectivity index (χ0) is 13.1. The van der Waals surface area contributed by atoms with E-state index in [0.29, 0.717) is 19.6 Å². The lowest BCUT2D eigenvalue weighted by atomic mass is 9.93. The van der Waals surface area contributed by atoms with Crippen molar-refractivity contribution in [3.63, 3.8) is 0 Å². The summed E-state index contributed by atoms with van der Waals surface area (Å²) in [6.07, 6.45) is 0. The fourth-order valence-corrected chi connectivity index (χ4v) is 2.52. The highest BCUT2D eigenvalue weighted by molar-refractivity contribution is 5.85. The van der Waals surface area contributed by atoms with E-state index >= 15 is 0 Å². The number of carboxylic acid groups (broad SMARTS) is 1. The van der Waals surface area contributed by atoms with Crippen molar-refractivity contribution in [2.24, 2.45) is 11.8 Å². The summed E-state index contributed by atoms with van der Waals surface area (Å²) in [6, 6.07) is 9.89. The van der Waals surface area contributed by atoms with Crippen molar-refractivity contribution in [1.29, 1.82) is 0 Å². The highest BCUT2D eigenvalue weighted by atomic mass is 16.4. The van der Waals surface area contributed by atoms with Crippen molar-refractivity contribution in [3.8, 4) is 0 Å². The van der Waals surface area contributed by atoms with Crippen molar-refractivity contribution < 1.29 is 14.7 Å². The Morgan fingerprint density at radius 1 is 1.22 bits per heavy atom. The summed E-state index contributed by atoms with van der Waals surface area (Å²) in [4.78, 5) is 24.6. The zero-order valence-corrected chi connectivity index (χ0v) is 10.4. The smallest absolute Gasteiger partial charge is 0.308 e. The molecule has 4 heteroatoms. The summed E-state index contributed by atoms with van der Waals surface area (Å²) in [5, 5.41) is 9.14. The van der Waals surface area contributed by atoms with Crippen LogP contribution in [-0.2, 0) is 16.1 Å². The van der Waals surface area contributed by atoms with Crippen molar-refractivity contribution in [1.82, 2.24) is 4.90 Å². The van der Waals surface area contributed by atoms with E-state index in [2.05, 4.69) is 0 Å². The molecule has 1 aliphatic heterocycles. The fourth-order valence-electron chi connectivity index (χ4n) is 2.52. The molecule has 1 aliphatic rings. The van der Waals surface area contributed by atoms with Crippen LogP contribution in [0.2, 0.25) is 0 Å². The number of carboxylic acids is 1. The number of nitrogens with zero attached hydrogens (tertiary/aromatic N) is 1. The molecular weight excluding hydrogens is 230 g/mol. The summed E-state index contributed by atoms with van der Waals surface area (Å²) in [7, 11) is 0. The first-order chi connectivity index (χ1) is 8.58. The lowest BCUT2D eigenvalue weighted by Gasteiger charge is -2.14. The first-order valence-electron chi connectivity index (χ1n) is 6.07.